The number of ether oxygens (including phenoxy) is 2. The third-order valence-corrected chi connectivity index (χ3v) is 3.06. The van der Waals surface area contributed by atoms with Crippen molar-refractivity contribution in [3.63, 3.8) is 0 Å². The predicted octanol–water partition coefficient (Wildman–Crippen LogP) is 2.42. The summed E-state index contributed by atoms with van der Waals surface area (Å²) in [5.41, 5.74) is 0. The molecule has 0 heterocycles. The standard InChI is InChI=1S/C15H24BrN3O2/c1-3-17-15(18-9-11-20-4-2)19-10-12-21-14-7-5-13(16)6-8-14/h5-8H,3-4,9-12H2,1-2H3,(H2,17,18,19). The highest BCUT2D eigenvalue weighted by Gasteiger charge is 1.97. The summed E-state index contributed by atoms with van der Waals surface area (Å²) < 4.78 is 12.0. The summed E-state index contributed by atoms with van der Waals surface area (Å²) in [5.74, 6) is 1.65. The minimum Gasteiger partial charge on any atom is -0.492 e. The average Bonchev–Trinajstić information content (AvgIpc) is 2.49. The number of hydrogen-bond donors (Lipinski definition) is 2. The van der Waals surface area contributed by atoms with Crippen LogP contribution in [0.2, 0.25) is 0 Å². The maximum absolute atomic E-state index is 5.64. The number of nitrogens with one attached hydrogen (secondary N) is 2. The molecule has 0 aliphatic carbocycles. The van der Waals surface area contributed by atoms with E-state index in [0.29, 0.717) is 26.3 Å². The van der Waals surface area contributed by atoms with Crippen molar-refractivity contribution in [1.29, 1.82) is 0 Å². The number of hydrogen-bond acceptors (Lipinski definition) is 3. The fourth-order valence-electron chi connectivity index (χ4n) is 1.58. The lowest BCUT2D eigenvalue weighted by atomic mass is 10.3. The summed E-state index contributed by atoms with van der Waals surface area (Å²) in [6, 6.07) is 7.79. The van der Waals surface area contributed by atoms with Crippen LogP contribution in [0.25, 0.3) is 0 Å². The number of nitrogens with zero attached hydrogens (tertiary/aromatic N) is 1. The van der Waals surface area contributed by atoms with Gasteiger partial charge in [-0.1, -0.05) is 15.9 Å². The lowest BCUT2D eigenvalue weighted by Gasteiger charge is -2.12. The van der Waals surface area contributed by atoms with Crippen LogP contribution in [-0.4, -0.2) is 45.4 Å². The molecule has 1 aromatic carbocycles. The molecule has 0 atom stereocenters. The first-order valence-electron chi connectivity index (χ1n) is 7.24. The van der Waals surface area contributed by atoms with Gasteiger partial charge in [-0.2, -0.15) is 0 Å². The molecular weight excluding hydrogens is 334 g/mol. The van der Waals surface area contributed by atoms with E-state index < -0.39 is 0 Å². The van der Waals surface area contributed by atoms with Gasteiger partial charge in [0.25, 0.3) is 0 Å². The Labute approximate surface area is 135 Å². The van der Waals surface area contributed by atoms with E-state index in [4.69, 9.17) is 9.47 Å². The summed E-state index contributed by atoms with van der Waals surface area (Å²) in [6.45, 7) is 8.13. The zero-order valence-electron chi connectivity index (χ0n) is 12.7. The number of aliphatic imine (C=N–C) groups is 1. The SMILES string of the molecule is CCNC(=NCCOCC)NCCOc1ccc(Br)cc1. The lowest BCUT2D eigenvalue weighted by molar-refractivity contribution is 0.155. The largest absolute Gasteiger partial charge is 0.492 e. The van der Waals surface area contributed by atoms with Crippen LogP contribution in [0.3, 0.4) is 0 Å². The molecule has 0 bridgehead atoms. The Kier molecular flexibility index (Phi) is 9.65. The molecule has 0 aromatic heterocycles. The molecular formula is C15H24BrN3O2. The molecule has 5 nitrogen and oxygen atoms in total. The van der Waals surface area contributed by atoms with Gasteiger partial charge in [0.2, 0.25) is 0 Å². The first-order valence-corrected chi connectivity index (χ1v) is 8.03. The number of guanidine groups is 1. The van der Waals surface area contributed by atoms with Crippen LogP contribution in [-0.2, 0) is 4.74 Å². The highest BCUT2D eigenvalue weighted by Crippen LogP contribution is 2.15. The second-order valence-electron chi connectivity index (χ2n) is 4.19. The first kappa shape index (κ1) is 17.8. The van der Waals surface area contributed by atoms with Gasteiger partial charge >= 0.3 is 0 Å². The van der Waals surface area contributed by atoms with E-state index in [1.54, 1.807) is 0 Å². The highest BCUT2D eigenvalue weighted by molar-refractivity contribution is 9.10. The molecule has 0 spiro atoms. The third kappa shape index (κ3) is 8.57. The van der Waals surface area contributed by atoms with Crippen LogP contribution in [0.1, 0.15) is 13.8 Å². The van der Waals surface area contributed by atoms with Crippen molar-refractivity contribution in [2.75, 3.05) is 39.5 Å². The molecule has 0 aliphatic heterocycles. The molecule has 0 saturated heterocycles. The van der Waals surface area contributed by atoms with Crippen molar-refractivity contribution in [1.82, 2.24) is 10.6 Å². The molecule has 1 aromatic rings. The van der Waals surface area contributed by atoms with E-state index in [1.807, 2.05) is 38.1 Å². The van der Waals surface area contributed by atoms with Gasteiger partial charge < -0.3 is 20.1 Å². The molecule has 118 valence electrons. The lowest BCUT2D eigenvalue weighted by Crippen LogP contribution is -2.39. The van der Waals surface area contributed by atoms with Crippen molar-refractivity contribution in [3.8, 4) is 5.75 Å². The zero-order chi connectivity index (χ0) is 15.3. The van der Waals surface area contributed by atoms with Gasteiger partial charge in [0, 0.05) is 17.6 Å². The molecule has 0 fully saturated rings. The summed E-state index contributed by atoms with van der Waals surface area (Å²) in [6.07, 6.45) is 0. The summed E-state index contributed by atoms with van der Waals surface area (Å²) >= 11 is 3.40. The van der Waals surface area contributed by atoms with Crippen LogP contribution in [0.5, 0.6) is 5.75 Å². The van der Waals surface area contributed by atoms with Gasteiger partial charge in [-0.3, -0.25) is 4.99 Å². The Balaban J connectivity index is 2.24. The maximum atomic E-state index is 5.64. The third-order valence-electron chi connectivity index (χ3n) is 2.53. The van der Waals surface area contributed by atoms with Crippen LogP contribution in [0, 0.1) is 0 Å². The van der Waals surface area contributed by atoms with Gasteiger partial charge in [0.15, 0.2) is 5.96 Å². The molecule has 21 heavy (non-hydrogen) atoms. The average molecular weight is 358 g/mol. The number of benzene rings is 1. The Morgan fingerprint density at radius 1 is 1.14 bits per heavy atom. The monoisotopic (exact) mass is 357 g/mol. The summed E-state index contributed by atoms with van der Waals surface area (Å²) in [4.78, 5) is 4.41. The minimum atomic E-state index is 0.581. The molecule has 0 unspecified atom stereocenters. The maximum Gasteiger partial charge on any atom is 0.191 e. The number of halogens is 1. The molecule has 6 heteroatoms. The van der Waals surface area contributed by atoms with E-state index in [2.05, 4.69) is 31.6 Å². The van der Waals surface area contributed by atoms with Gasteiger partial charge in [-0.25, -0.2) is 0 Å². The van der Waals surface area contributed by atoms with E-state index in [-0.39, 0.29) is 0 Å². The van der Waals surface area contributed by atoms with E-state index in [0.717, 1.165) is 29.3 Å². The first-order chi connectivity index (χ1) is 10.3. The van der Waals surface area contributed by atoms with Gasteiger partial charge in [0.1, 0.15) is 12.4 Å². The molecule has 1 rings (SSSR count). The van der Waals surface area contributed by atoms with Crippen molar-refractivity contribution in [2.24, 2.45) is 4.99 Å². The second-order valence-corrected chi connectivity index (χ2v) is 5.10. The minimum absolute atomic E-state index is 0.581. The summed E-state index contributed by atoms with van der Waals surface area (Å²) in [7, 11) is 0. The normalized spacial score (nSPS) is 11.3. The number of rotatable bonds is 9. The quantitative estimate of drug-likeness (QED) is 0.404. The van der Waals surface area contributed by atoms with Crippen LogP contribution >= 0.6 is 15.9 Å². The van der Waals surface area contributed by atoms with Crippen molar-refractivity contribution >= 4 is 21.9 Å². The zero-order valence-corrected chi connectivity index (χ0v) is 14.3. The second kappa shape index (κ2) is 11.4. The van der Waals surface area contributed by atoms with E-state index >= 15 is 0 Å². The predicted molar refractivity (Wildman–Crippen MR) is 90.1 cm³/mol. The van der Waals surface area contributed by atoms with Gasteiger partial charge in [-0.05, 0) is 38.1 Å². The molecule has 0 aliphatic rings. The highest BCUT2D eigenvalue weighted by atomic mass is 79.9. The Hall–Kier alpha value is -1.27. The molecule has 2 N–H and O–H groups in total. The van der Waals surface area contributed by atoms with E-state index in [9.17, 15) is 0 Å². The fourth-order valence-corrected chi connectivity index (χ4v) is 1.84. The van der Waals surface area contributed by atoms with Crippen LogP contribution < -0.4 is 15.4 Å². The van der Waals surface area contributed by atoms with Crippen LogP contribution in [0.4, 0.5) is 0 Å². The molecule has 0 saturated carbocycles. The Morgan fingerprint density at radius 3 is 2.57 bits per heavy atom. The van der Waals surface area contributed by atoms with Crippen molar-refractivity contribution in [2.45, 2.75) is 13.8 Å². The molecule has 0 radical (unpaired) electrons. The van der Waals surface area contributed by atoms with Crippen LogP contribution in [0.15, 0.2) is 33.7 Å². The summed E-state index contributed by atoms with van der Waals surface area (Å²) in [5, 5.41) is 6.42. The molecule has 0 amide bonds. The smallest absolute Gasteiger partial charge is 0.191 e. The van der Waals surface area contributed by atoms with Crippen molar-refractivity contribution in [3.05, 3.63) is 28.7 Å². The Morgan fingerprint density at radius 2 is 1.90 bits per heavy atom. The van der Waals surface area contributed by atoms with E-state index in [1.165, 1.54) is 0 Å². The van der Waals surface area contributed by atoms with Crippen molar-refractivity contribution < 1.29 is 9.47 Å². The van der Waals surface area contributed by atoms with Gasteiger partial charge in [-0.15, -0.1) is 0 Å². The van der Waals surface area contributed by atoms with Gasteiger partial charge in [0.05, 0.1) is 19.7 Å². The Bertz CT molecular complexity index is 410. The fraction of sp³-hybridized carbons (Fsp3) is 0.533. The topological polar surface area (TPSA) is 54.9 Å².